The molecule has 4 rings (SSSR count). The van der Waals surface area contributed by atoms with E-state index in [1.54, 1.807) is 0 Å². The van der Waals surface area contributed by atoms with Crippen LogP contribution in [-0.2, 0) is 20.7 Å². The molecule has 26 heavy (non-hydrogen) atoms. The van der Waals surface area contributed by atoms with E-state index in [0.717, 1.165) is 64.1 Å². The fraction of sp³-hybridized carbons (Fsp3) is 0.667. The Bertz CT molecular complexity index is 605. The largest absolute Gasteiger partial charge is 0.377 e. The summed E-state index contributed by atoms with van der Waals surface area (Å²) in [5.41, 5.74) is 2.36. The molecule has 5 heteroatoms. The number of fused-ring (bicyclic) bond motifs is 1. The zero-order valence-corrected chi connectivity index (χ0v) is 15.7. The molecule has 0 aliphatic carbocycles. The number of hydrogen-bond acceptors (Lipinski definition) is 4. The highest BCUT2D eigenvalue weighted by molar-refractivity contribution is 5.97. The van der Waals surface area contributed by atoms with E-state index in [1.807, 2.05) is 11.0 Å². The van der Waals surface area contributed by atoms with Crippen molar-refractivity contribution in [3.8, 4) is 0 Å². The number of carbonyl (C=O) groups is 1. The monoisotopic (exact) mass is 358 g/mol. The summed E-state index contributed by atoms with van der Waals surface area (Å²) in [6.07, 6.45) is 5.91. The topological polar surface area (TPSA) is 42.0 Å². The molecule has 2 saturated heterocycles. The van der Waals surface area contributed by atoms with Crippen molar-refractivity contribution in [1.82, 2.24) is 4.90 Å². The fourth-order valence-corrected chi connectivity index (χ4v) is 4.57. The van der Waals surface area contributed by atoms with Crippen LogP contribution >= 0.6 is 0 Å². The summed E-state index contributed by atoms with van der Waals surface area (Å²) >= 11 is 0. The van der Waals surface area contributed by atoms with Gasteiger partial charge in [-0.2, -0.15) is 0 Å². The van der Waals surface area contributed by atoms with E-state index in [0.29, 0.717) is 6.54 Å². The van der Waals surface area contributed by atoms with Gasteiger partial charge in [-0.3, -0.25) is 9.69 Å². The minimum absolute atomic E-state index is 0.193. The number of para-hydroxylation sites is 1. The van der Waals surface area contributed by atoms with Gasteiger partial charge in [-0.25, -0.2) is 0 Å². The Morgan fingerprint density at radius 3 is 2.38 bits per heavy atom. The molecule has 0 unspecified atom stereocenters. The Hall–Kier alpha value is -1.43. The van der Waals surface area contributed by atoms with Crippen molar-refractivity contribution in [1.29, 1.82) is 0 Å². The number of anilines is 1. The third-order valence-electron chi connectivity index (χ3n) is 5.81. The highest BCUT2D eigenvalue weighted by atomic mass is 16.5. The van der Waals surface area contributed by atoms with Crippen LogP contribution in [0.3, 0.4) is 0 Å². The van der Waals surface area contributed by atoms with Crippen LogP contribution in [0.2, 0.25) is 0 Å². The molecule has 5 nitrogen and oxygen atoms in total. The number of hydrogen-bond donors (Lipinski definition) is 0. The molecule has 1 aromatic rings. The number of nitrogens with zero attached hydrogens (tertiary/aromatic N) is 2. The summed E-state index contributed by atoms with van der Waals surface area (Å²) in [5.74, 6) is 0.193. The van der Waals surface area contributed by atoms with Crippen LogP contribution in [-0.4, -0.2) is 61.9 Å². The van der Waals surface area contributed by atoms with Gasteiger partial charge in [-0.1, -0.05) is 18.2 Å². The van der Waals surface area contributed by atoms with Gasteiger partial charge in [0.05, 0.1) is 18.8 Å². The third-order valence-corrected chi connectivity index (χ3v) is 5.81. The number of ether oxygens (including phenoxy) is 2. The van der Waals surface area contributed by atoms with E-state index in [-0.39, 0.29) is 24.2 Å². The Labute approximate surface area is 156 Å². The lowest BCUT2D eigenvalue weighted by atomic mass is 10.1. The summed E-state index contributed by atoms with van der Waals surface area (Å²) in [5, 5.41) is 0. The third kappa shape index (κ3) is 3.95. The summed E-state index contributed by atoms with van der Waals surface area (Å²) in [4.78, 5) is 17.4. The molecule has 3 heterocycles. The van der Waals surface area contributed by atoms with Crippen molar-refractivity contribution in [3.05, 3.63) is 29.8 Å². The Kier molecular flexibility index (Phi) is 5.57. The van der Waals surface area contributed by atoms with Crippen molar-refractivity contribution in [2.24, 2.45) is 0 Å². The van der Waals surface area contributed by atoms with Crippen molar-refractivity contribution >= 4 is 11.6 Å². The molecule has 0 radical (unpaired) electrons. The smallest absolute Gasteiger partial charge is 0.241 e. The molecule has 0 bridgehead atoms. The molecule has 1 aromatic carbocycles. The normalized spacial score (nSPS) is 28.1. The highest BCUT2D eigenvalue weighted by Gasteiger charge is 2.32. The molecule has 0 aromatic heterocycles. The van der Waals surface area contributed by atoms with Gasteiger partial charge in [0.2, 0.25) is 5.91 Å². The lowest BCUT2D eigenvalue weighted by Crippen LogP contribution is -2.47. The minimum atomic E-state index is 0.193. The maximum Gasteiger partial charge on any atom is 0.241 e. The number of benzene rings is 1. The van der Waals surface area contributed by atoms with Crippen molar-refractivity contribution in [3.63, 3.8) is 0 Å². The van der Waals surface area contributed by atoms with Gasteiger partial charge < -0.3 is 14.4 Å². The van der Waals surface area contributed by atoms with Crippen LogP contribution in [0.1, 0.15) is 38.2 Å². The molecule has 3 aliphatic heterocycles. The van der Waals surface area contributed by atoms with Gasteiger partial charge in [-0.05, 0) is 50.7 Å². The molecule has 142 valence electrons. The van der Waals surface area contributed by atoms with E-state index in [4.69, 9.17) is 9.47 Å². The van der Waals surface area contributed by atoms with Gasteiger partial charge in [0.1, 0.15) is 0 Å². The second kappa shape index (κ2) is 8.07. The number of carbonyl (C=O) groups excluding carboxylic acids is 1. The summed E-state index contributed by atoms with van der Waals surface area (Å²) < 4.78 is 11.6. The van der Waals surface area contributed by atoms with Gasteiger partial charge >= 0.3 is 0 Å². The van der Waals surface area contributed by atoms with E-state index in [9.17, 15) is 4.79 Å². The Morgan fingerprint density at radius 2 is 1.77 bits per heavy atom. The number of rotatable bonds is 6. The first-order valence-electron chi connectivity index (χ1n) is 10.1. The van der Waals surface area contributed by atoms with E-state index in [1.165, 1.54) is 5.56 Å². The molecule has 1 amide bonds. The first-order valence-corrected chi connectivity index (χ1v) is 10.1. The summed E-state index contributed by atoms with van der Waals surface area (Å²) in [6, 6.07) is 8.51. The molecule has 2 fully saturated rings. The van der Waals surface area contributed by atoms with Crippen LogP contribution in [0.15, 0.2) is 24.3 Å². The van der Waals surface area contributed by atoms with Crippen LogP contribution < -0.4 is 4.90 Å². The van der Waals surface area contributed by atoms with Crippen LogP contribution in [0.25, 0.3) is 0 Å². The lowest BCUT2D eigenvalue weighted by molar-refractivity contribution is -0.120. The van der Waals surface area contributed by atoms with Crippen molar-refractivity contribution < 1.29 is 14.3 Å². The van der Waals surface area contributed by atoms with Crippen molar-refractivity contribution in [2.45, 2.75) is 57.3 Å². The molecular weight excluding hydrogens is 328 g/mol. The average molecular weight is 358 g/mol. The predicted octanol–water partition coefficient (Wildman–Crippen LogP) is 2.62. The van der Waals surface area contributed by atoms with Crippen molar-refractivity contribution in [2.75, 3.05) is 37.7 Å². The van der Waals surface area contributed by atoms with E-state index in [2.05, 4.69) is 30.0 Å². The second-order valence-electron chi connectivity index (χ2n) is 7.91. The second-order valence-corrected chi connectivity index (χ2v) is 7.91. The summed E-state index contributed by atoms with van der Waals surface area (Å²) in [7, 11) is 0. The number of amides is 1. The minimum Gasteiger partial charge on any atom is -0.377 e. The maximum atomic E-state index is 13.2. The van der Waals surface area contributed by atoms with Crippen LogP contribution in [0.5, 0.6) is 0 Å². The highest BCUT2D eigenvalue weighted by Crippen LogP contribution is 2.32. The van der Waals surface area contributed by atoms with Gasteiger partial charge in [0.25, 0.3) is 0 Å². The SMILES string of the molecule is C[C@@H]1Cc2ccccc2N1C(=O)CN(C[C@H]1CCCO1)C[C@@H]1CCCO1. The molecule has 0 spiro atoms. The average Bonchev–Trinajstić information content (AvgIpc) is 3.35. The molecule has 0 N–H and O–H groups in total. The quantitative estimate of drug-likeness (QED) is 0.784. The fourth-order valence-electron chi connectivity index (χ4n) is 4.57. The zero-order chi connectivity index (χ0) is 17.9. The maximum absolute atomic E-state index is 13.2. The lowest BCUT2D eigenvalue weighted by Gasteiger charge is -2.30. The van der Waals surface area contributed by atoms with Gasteiger partial charge in [-0.15, -0.1) is 0 Å². The molecular formula is C21H30N2O3. The summed E-state index contributed by atoms with van der Waals surface area (Å²) in [6.45, 7) is 5.94. The van der Waals surface area contributed by atoms with Crippen LogP contribution in [0, 0.1) is 0 Å². The predicted molar refractivity (Wildman–Crippen MR) is 101 cm³/mol. The first-order chi connectivity index (χ1) is 12.7. The molecule has 0 saturated carbocycles. The molecule has 3 aliphatic rings. The Morgan fingerprint density at radius 1 is 1.12 bits per heavy atom. The van der Waals surface area contributed by atoms with Crippen LogP contribution in [0.4, 0.5) is 5.69 Å². The first kappa shape index (κ1) is 18.0. The van der Waals surface area contributed by atoms with E-state index >= 15 is 0 Å². The molecule has 3 atom stereocenters. The van der Waals surface area contributed by atoms with Gasteiger partial charge in [0, 0.05) is 38.0 Å². The van der Waals surface area contributed by atoms with E-state index < -0.39 is 0 Å². The standard InChI is InChI=1S/C21H30N2O3/c1-16-12-17-6-2-3-9-20(17)23(16)21(24)15-22(13-18-7-4-10-25-18)14-19-8-5-11-26-19/h2-3,6,9,16,18-19H,4-5,7-8,10-15H2,1H3/t16-,18-,19+/m1/s1. The zero-order valence-electron chi connectivity index (χ0n) is 15.7. The Balaban J connectivity index is 1.44. The van der Waals surface area contributed by atoms with Gasteiger partial charge in [0.15, 0.2) is 0 Å².